The molecule has 0 aliphatic heterocycles. The highest BCUT2D eigenvalue weighted by molar-refractivity contribution is 7.90. The highest BCUT2D eigenvalue weighted by atomic mass is 32.2. The molecule has 0 atom stereocenters. The van der Waals surface area contributed by atoms with Gasteiger partial charge < -0.3 is 9.47 Å². The smallest absolute Gasteiger partial charge is 0.230 e. The standard InChI is InChI=1S/C22H18N2O4S/c1-29(25,26)19-11-12-21-20(13-19)22(24-15-23-21)28-18-9-7-17(8-10-18)27-14-16-5-3-2-4-6-16/h2-13,15H,14H2,1H3. The van der Waals surface area contributed by atoms with Crippen molar-refractivity contribution in [1.82, 2.24) is 9.97 Å². The molecule has 0 saturated heterocycles. The van der Waals surface area contributed by atoms with Crippen molar-refractivity contribution in [2.24, 2.45) is 0 Å². The molecule has 0 radical (unpaired) electrons. The summed E-state index contributed by atoms with van der Waals surface area (Å²) in [6.45, 7) is 0.478. The zero-order valence-corrected chi connectivity index (χ0v) is 16.5. The van der Waals surface area contributed by atoms with Crippen LogP contribution >= 0.6 is 0 Å². The normalized spacial score (nSPS) is 11.3. The van der Waals surface area contributed by atoms with Gasteiger partial charge in [0.15, 0.2) is 9.84 Å². The third kappa shape index (κ3) is 4.52. The Morgan fingerprint density at radius 2 is 1.59 bits per heavy atom. The number of hydrogen-bond acceptors (Lipinski definition) is 6. The Bertz CT molecular complexity index is 1240. The van der Waals surface area contributed by atoms with E-state index in [1.54, 1.807) is 18.2 Å². The van der Waals surface area contributed by atoms with Gasteiger partial charge in [0.1, 0.15) is 24.4 Å². The average Bonchev–Trinajstić information content (AvgIpc) is 2.73. The van der Waals surface area contributed by atoms with Gasteiger partial charge >= 0.3 is 0 Å². The van der Waals surface area contributed by atoms with Crippen molar-refractivity contribution in [2.75, 3.05) is 6.26 Å². The molecule has 1 aromatic heterocycles. The molecule has 0 unspecified atom stereocenters. The van der Waals surface area contributed by atoms with E-state index in [2.05, 4.69) is 9.97 Å². The van der Waals surface area contributed by atoms with Crippen molar-refractivity contribution in [2.45, 2.75) is 11.5 Å². The van der Waals surface area contributed by atoms with Crippen molar-refractivity contribution in [1.29, 1.82) is 0 Å². The Morgan fingerprint density at radius 3 is 2.31 bits per heavy atom. The molecule has 0 spiro atoms. The number of sulfone groups is 1. The molecule has 0 saturated carbocycles. The molecule has 0 fully saturated rings. The maximum absolute atomic E-state index is 11.9. The Labute approximate surface area is 168 Å². The molecule has 6 nitrogen and oxygen atoms in total. The minimum absolute atomic E-state index is 0.189. The maximum Gasteiger partial charge on any atom is 0.230 e. The lowest BCUT2D eigenvalue weighted by atomic mass is 10.2. The van der Waals surface area contributed by atoms with Crippen LogP contribution in [0.1, 0.15) is 5.56 Å². The molecule has 0 N–H and O–H groups in total. The van der Waals surface area contributed by atoms with Crippen molar-refractivity contribution < 1.29 is 17.9 Å². The summed E-state index contributed by atoms with van der Waals surface area (Å²) >= 11 is 0. The lowest BCUT2D eigenvalue weighted by Crippen LogP contribution is -1.98. The summed E-state index contributed by atoms with van der Waals surface area (Å²) < 4.78 is 35.4. The van der Waals surface area contributed by atoms with Gasteiger partial charge in [0, 0.05) is 6.26 Å². The van der Waals surface area contributed by atoms with E-state index >= 15 is 0 Å². The number of rotatable bonds is 6. The Balaban J connectivity index is 1.54. The first-order chi connectivity index (χ1) is 14.0. The molecule has 7 heteroatoms. The number of ether oxygens (including phenoxy) is 2. The maximum atomic E-state index is 11.9. The molecule has 3 aromatic carbocycles. The van der Waals surface area contributed by atoms with Crippen molar-refractivity contribution in [3.63, 3.8) is 0 Å². The second-order valence-corrected chi connectivity index (χ2v) is 8.49. The number of aromatic nitrogens is 2. The fourth-order valence-corrected chi connectivity index (χ4v) is 3.43. The van der Waals surface area contributed by atoms with Gasteiger partial charge in [0.25, 0.3) is 0 Å². The zero-order valence-electron chi connectivity index (χ0n) is 15.6. The molecule has 4 aromatic rings. The minimum atomic E-state index is -3.35. The van der Waals surface area contributed by atoms with Crippen LogP contribution in [0.5, 0.6) is 17.4 Å². The number of nitrogens with zero attached hydrogens (tertiary/aromatic N) is 2. The highest BCUT2D eigenvalue weighted by Crippen LogP contribution is 2.29. The van der Waals surface area contributed by atoms with E-state index in [1.165, 1.54) is 18.5 Å². The fourth-order valence-electron chi connectivity index (χ4n) is 2.78. The molecule has 29 heavy (non-hydrogen) atoms. The van der Waals surface area contributed by atoms with Crippen molar-refractivity contribution in [3.8, 4) is 17.4 Å². The van der Waals surface area contributed by atoms with Crippen LogP contribution in [-0.2, 0) is 16.4 Å². The summed E-state index contributed by atoms with van der Waals surface area (Å²) in [4.78, 5) is 8.52. The predicted octanol–water partition coefficient (Wildman–Crippen LogP) is 4.40. The van der Waals surface area contributed by atoms with Crippen LogP contribution in [-0.4, -0.2) is 24.6 Å². The fraction of sp³-hybridized carbons (Fsp3) is 0.0909. The Morgan fingerprint density at radius 1 is 0.862 bits per heavy atom. The van der Waals surface area contributed by atoms with E-state index < -0.39 is 9.84 Å². The number of benzene rings is 3. The largest absolute Gasteiger partial charge is 0.489 e. The van der Waals surface area contributed by atoms with Crippen molar-refractivity contribution in [3.05, 3.63) is 84.7 Å². The van der Waals surface area contributed by atoms with Gasteiger partial charge in [0.05, 0.1) is 15.8 Å². The lowest BCUT2D eigenvalue weighted by Gasteiger charge is -2.10. The van der Waals surface area contributed by atoms with E-state index in [0.717, 1.165) is 11.8 Å². The molecule has 4 rings (SSSR count). The van der Waals surface area contributed by atoms with Gasteiger partial charge in [-0.2, -0.15) is 0 Å². The second-order valence-electron chi connectivity index (χ2n) is 6.48. The van der Waals surface area contributed by atoms with Gasteiger partial charge in [-0.25, -0.2) is 18.4 Å². The second kappa shape index (κ2) is 7.89. The Kier molecular flexibility index (Phi) is 5.14. The van der Waals surface area contributed by atoms with E-state index in [-0.39, 0.29) is 4.90 Å². The summed E-state index contributed by atoms with van der Waals surface area (Å²) in [6.07, 6.45) is 2.54. The summed E-state index contributed by atoms with van der Waals surface area (Å²) in [5.74, 6) is 1.56. The molecule has 0 amide bonds. The van der Waals surface area contributed by atoms with E-state index in [9.17, 15) is 8.42 Å². The van der Waals surface area contributed by atoms with Crippen molar-refractivity contribution >= 4 is 20.7 Å². The van der Waals surface area contributed by atoms with Gasteiger partial charge in [-0.05, 0) is 48.0 Å². The molecular weight excluding hydrogens is 388 g/mol. The average molecular weight is 406 g/mol. The first-order valence-electron chi connectivity index (χ1n) is 8.88. The van der Waals surface area contributed by atoms with E-state index in [0.29, 0.717) is 34.9 Å². The third-order valence-corrected chi connectivity index (χ3v) is 5.40. The summed E-state index contributed by atoms with van der Waals surface area (Å²) in [7, 11) is -3.35. The van der Waals surface area contributed by atoms with Crippen LogP contribution in [0, 0.1) is 0 Å². The van der Waals surface area contributed by atoms with Crippen LogP contribution in [0.15, 0.2) is 84.0 Å². The summed E-state index contributed by atoms with van der Waals surface area (Å²) in [6, 6.07) is 21.8. The lowest BCUT2D eigenvalue weighted by molar-refractivity contribution is 0.305. The molecule has 0 aliphatic carbocycles. The monoisotopic (exact) mass is 406 g/mol. The quantitative estimate of drug-likeness (QED) is 0.472. The van der Waals surface area contributed by atoms with Gasteiger partial charge in [-0.1, -0.05) is 30.3 Å². The highest BCUT2D eigenvalue weighted by Gasteiger charge is 2.12. The van der Waals surface area contributed by atoms with Gasteiger partial charge in [-0.3, -0.25) is 0 Å². The molecule has 1 heterocycles. The summed E-state index contributed by atoms with van der Waals surface area (Å²) in [5.41, 5.74) is 1.69. The molecule has 0 aliphatic rings. The van der Waals surface area contributed by atoms with Crippen LogP contribution in [0.2, 0.25) is 0 Å². The molecular formula is C22H18N2O4S. The minimum Gasteiger partial charge on any atom is -0.489 e. The van der Waals surface area contributed by atoms with Crippen LogP contribution < -0.4 is 9.47 Å². The molecule has 146 valence electrons. The van der Waals surface area contributed by atoms with Gasteiger partial charge in [0.2, 0.25) is 5.88 Å². The van der Waals surface area contributed by atoms with Crippen LogP contribution in [0.3, 0.4) is 0 Å². The zero-order chi connectivity index (χ0) is 20.3. The first-order valence-corrected chi connectivity index (χ1v) is 10.8. The third-order valence-electron chi connectivity index (χ3n) is 4.28. The summed E-state index contributed by atoms with van der Waals surface area (Å²) in [5, 5.41) is 0.528. The predicted molar refractivity (Wildman–Crippen MR) is 110 cm³/mol. The Hall–Kier alpha value is -3.45. The van der Waals surface area contributed by atoms with Crippen LogP contribution in [0.25, 0.3) is 10.9 Å². The molecule has 0 bridgehead atoms. The topological polar surface area (TPSA) is 78.4 Å². The number of fused-ring (bicyclic) bond motifs is 1. The van der Waals surface area contributed by atoms with Crippen LogP contribution in [0.4, 0.5) is 0 Å². The van der Waals surface area contributed by atoms with Gasteiger partial charge in [-0.15, -0.1) is 0 Å². The first kappa shape index (κ1) is 18.9. The number of hydrogen-bond donors (Lipinski definition) is 0. The van der Waals surface area contributed by atoms with E-state index in [4.69, 9.17) is 9.47 Å². The SMILES string of the molecule is CS(=O)(=O)c1ccc2ncnc(Oc3ccc(OCc4ccccc4)cc3)c2c1. The van der Waals surface area contributed by atoms with E-state index in [1.807, 2.05) is 42.5 Å².